The van der Waals surface area contributed by atoms with Gasteiger partial charge in [0.2, 0.25) is 0 Å². The Morgan fingerprint density at radius 2 is 1.00 bits per heavy atom. The van der Waals surface area contributed by atoms with E-state index in [1.165, 1.54) is 94.2 Å². The van der Waals surface area contributed by atoms with Crippen molar-refractivity contribution in [2.45, 2.75) is 32.1 Å². The van der Waals surface area contributed by atoms with Crippen molar-refractivity contribution in [2.24, 2.45) is 0 Å². The fourth-order valence-corrected chi connectivity index (χ4v) is 8.90. The first kappa shape index (κ1) is 29.0. The third-order valence-corrected chi connectivity index (χ3v) is 11.3. The predicted octanol–water partition coefficient (Wildman–Crippen LogP) is 13.2. The molecule has 10 rings (SSSR count). The third kappa shape index (κ3) is 4.26. The molecule has 0 unspecified atom stereocenters. The number of hydrogen-bond donors (Lipinski definition) is 0. The highest BCUT2D eigenvalue weighted by Crippen LogP contribution is 2.53. The van der Waals surface area contributed by atoms with Crippen molar-refractivity contribution >= 4 is 38.6 Å². The van der Waals surface area contributed by atoms with Crippen LogP contribution < -0.4 is 4.90 Å². The van der Waals surface area contributed by atoms with Crippen LogP contribution >= 0.6 is 0 Å². The zero-order valence-electron chi connectivity index (χ0n) is 28.4. The van der Waals surface area contributed by atoms with E-state index in [1.807, 2.05) is 0 Å². The summed E-state index contributed by atoms with van der Waals surface area (Å²) in [7, 11) is 0. The lowest BCUT2D eigenvalue weighted by Crippen LogP contribution is -2.15. The van der Waals surface area contributed by atoms with Crippen LogP contribution in [0.2, 0.25) is 0 Å². The van der Waals surface area contributed by atoms with Gasteiger partial charge in [-0.2, -0.15) is 0 Å². The van der Waals surface area contributed by atoms with E-state index in [1.54, 1.807) is 0 Å². The zero-order valence-corrected chi connectivity index (χ0v) is 28.4. The number of hydrogen-bond acceptors (Lipinski definition) is 1. The Balaban J connectivity index is 1.33. The van der Waals surface area contributed by atoms with Crippen molar-refractivity contribution in [3.8, 4) is 33.4 Å². The summed E-state index contributed by atoms with van der Waals surface area (Å²) in [6, 6.07) is 61.2. The van der Waals surface area contributed by atoms with Gasteiger partial charge in [0.25, 0.3) is 0 Å². The molecule has 0 N–H and O–H groups in total. The molecule has 1 aliphatic heterocycles. The Morgan fingerprint density at radius 1 is 0.420 bits per heavy atom. The maximum atomic E-state index is 2.57. The minimum Gasteiger partial charge on any atom is -0.309 e. The van der Waals surface area contributed by atoms with Gasteiger partial charge in [-0.25, -0.2) is 0 Å². The molecule has 0 aromatic heterocycles. The van der Waals surface area contributed by atoms with Gasteiger partial charge in [0.15, 0.2) is 0 Å². The number of para-hydroxylation sites is 2. The molecule has 2 aliphatic rings. The highest BCUT2D eigenvalue weighted by molar-refractivity contribution is 6.23. The molecular formula is C49H37N. The molecule has 50 heavy (non-hydrogen) atoms. The fourth-order valence-electron chi connectivity index (χ4n) is 8.90. The van der Waals surface area contributed by atoms with Gasteiger partial charge in [0.05, 0.1) is 5.69 Å². The molecule has 1 nitrogen and oxygen atoms in total. The first-order chi connectivity index (χ1) is 24.6. The lowest BCUT2D eigenvalue weighted by molar-refractivity contribution is 0.660. The predicted molar refractivity (Wildman–Crippen MR) is 212 cm³/mol. The molecule has 0 bridgehead atoms. The zero-order chi connectivity index (χ0) is 33.4. The van der Waals surface area contributed by atoms with Gasteiger partial charge in [0.1, 0.15) is 0 Å². The molecule has 0 saturated carbocycles. The second kappa shape index (κ2) is 11.1. The molecule has 8 aromatic carbocycles. The van der Waals surface area contributed by atoms with Crippen molar-refractivity contribution in [3.63, 3.8) is 0 Å². The van der Waals surface area contributed by atoms with Gasteiger partial charge >= 0.3 is 0 Å². The molecule has 238 valence electrons. The standard InChI is InChI=1S/C49H37N/c1-49(2)43-21-11-10-18-37(43)38-28-27-36(31-44(38)49)47-39-19-8-9-20-40(39)48(41-29-26-35(30-42(41)47)32-14-4-3-5-15-32)50-45-22-12-6-16-33(45)24-25-34-17-7-13-23-46(34)50/h3-23,26-31H,24-25H2,1-2H3. The van der Waals surface area contributed by atoms with Crippen LogP contribution in [0.15, 0.2) is 164 Å². The summed E-state index contributed by atoms with van der Waals surface area (Å²) >= 11 is 0. The van der Waals surface area contributed by atoms with Crippen molar-refractivity contribution in [1.82, 2.24) is 0 Å². The molecule has 0 spiro atoms. The summed E-state index contributed by atoms with van der Waals surface area (Å²) in [6.07, 6.45) is 2.03. The Bertz CT molecular complexity index is 2580. The Hall–Kier alpha value is -5.92. The van der Waals surface area contributed by atoms with E-state index in [0.29, 0.717) is 0 Å². The second-order valence-corrected chi connectivity index (χ2v) is 14.4. The molecule has 0 fully saturated rings. The maximum absolute atomic E-state index is 2.57. The Kier molecular flexibility index (Phi) is 6.42. The summed E-state index contributed by atoms with van der Waals surface area (Å²) in [6.45, 7) is 4.75. The van der Waals surface area contributed by atoms with Crippen LogP contribution in [-0.2, 0) is 18.3 Å². The van der Waals surface area contributed by atoms with Crippen molar-refractivity contribution < 1.29 is 0 Å². The molecule has 1 aliphatic carbocycles. The number of benzene rings is 8. The highest BCUT2D eigenvalue weighted by atomic mass is 15.2. The smallest absolute Gasteiger partial charge is 0.0619 e. The van der Waals surface area contributed by atoms with Gasteiger partial charge in [0, 0.05) is 27.6 Å². The third-order valence-electron chi connectivity index (χ3n) is 11.3. The topological polar surface area (TPSA) is 3.24 Å². The number of anilines is 3. The molecule has 8 aromatic rings. The highest BCUT2D eigenvalue weighted by Gasteiger charge is 2.35. The first-order valence-electron chi connectivity index (χ1n) is 17.8. The molecule has 0 radical (unpaired) electrons. The van der Waals surface area contributed by atoms with Gasteiger partial charge in [-0.1, -0.05) is 153 Å². The van der Waals surface area contributed by atoms with E-state index < -0.39 is 0 Å². The number of aryl methyl sites for hydroxylation is 2. The Morgan fingerprint density at radius 3 is 1.76 bits per heavy atom. The summed E-state index contributed by atoms with van der Waals surface area (Å²) < 4.78 is 0. The summed E-state index contributed by atoms with van der Waals surface area (Å²) in [4.78, 5) is 2.57. The van der Waals surface area contributed by atoms with Crippen LogP contribution in [0.5, 0.6) is 0 Å². The average molecular weight is 640 g/mol. The van der Waals surface area contributed by atoms with E-state index in [0.717, 1.165) is 12.8 Å². The molecule has 0 atom stereocenters. The molecule has 0 saturated heterocycles. The molecule has 0 amide bonds. The normalized spacial score (nSPS) is 14.2. The molecular weight excluding hydrogens is 603 g/mol. The van der Waals surface area contributed by atoms with Gasteiger partial charge < -0.3 is 4.90 Å². The second-order valence-electron chi connectivity index (χ2n) is 14.4. The van der Waals surface area contributed by atoms with Crippen LogP contribution in [0.4, 0.5) is 17.1 Å². The van der Waals surface area contributed by atoms with E-state index in [-0.39, 0.29) is 5.41 Å². The molecule has 1 heteroatoms. The SMILES string of the molecule is CC1(C)c2ccccc2-c2ccc(-c3c4ccccc4c(N4c5ccccc5CCc5ccccc54)c4ccc(-c5ccccc5)cc34)cc21. The number of rotatable bonds is 3. The fraction of sp³-hybridized carbons (Fsp3) is 0.102. The van der Waals surface area contributed by atoms with Crippen LogP contribution in [0.3, 0.4) is 0 Å². The average Bonchev–Trinajstić information content (AvgIpc) is 3.28. The van der Waals surface area contributed by atoms with Gasteiger partial charge in [-0.3, -0.25) is 0 Å². The van der Waals surface area contributed by atoms with E-state index in [9.17, 15) is 0 Å². The van der Waals surface area contributed by atoms with Crippen LogP contribution in [-0.4, -0.2) is 0 Å². The van der Waals surface area contributed by atoms with Crippen molar-refractivity contribution in [3.05, 3.63) is 186 Å². The number of fused-ring (bicyclic) bond motifs is 7. The van der Waals surface area contributed by atoms with E-state index >= 15 is 0 Å². The van der Waals surface area contributed by atoms with Crippen LogP contribution in [0.1, 0.15) is 36.1 Å². The minimum atomic E-state index is -0.0812. The van der Waals surface area contributed by atoms with E-state index in [4.69, 9.17) is 0 Å². The maximum Gasteiger partial charge on any atom is 0.0619 e. The Labute approximate surface area is 294 Å². The first-order valence-corrected chi connectivity index (χ1v) is 17.8. The van der Waals surface area contributed by atoms with Crippen LogP contribution in [0, 0.1) is 0 Å². The van der Waals surface area contributed by atoms with Gasteiger partial charge in [-0.05, 0) is 104 Å². The summed E-state index contributed by atoms with van der Waals surface area (Å²) in [5.41, 5.74) is 17.0. The summed E-state index contributed by atoms with van der Waals surface area (Å²) in [5, 5.41) is 5.06. The largest absolute Gasteiger partial charge is 0.309 e. The molecule has 1 heterocycles. The van der Waals surface area contributed by atoms with Crippen molar-refractivity contribution in [1.29, 1.82) is 0 Å². The minimum absolute atomic E-state index is 0.0812. The number of nitrogens with zero attached hydrogens (tertiary/aromatic N) is 1. The lowest BCUT2D eigenvalue weighted by Gasteiger charge is -2.31. The quantitative estimate of drug-likeness (QED) is 0.174. The monoisotopic (exact) mass is 639 g/mol. The van der Waals surface area contributed by atoms with Crippen LogP contribution in [0.25, 0.3) is 54.9 Å². The van der Waals surface area contributed by atoms with Crippen molar-refractivity contribution in [2.75, 3.05) is 4.90 Å². The van der Waals surface area contributed by atoms with E-state index in [2.05, 4.69) is 183 Å². The summed E-state index contributed by atoms with van der Waals surface area (Å²) in [5.74, 6) is 0. The lowest BCUT2D eigenvalue weighted by atomic mass is 9.80. The van der Waals surface area contributed by atoms with Gasteiger partial charge in [-0.15, -0.1) is 0 Å².